The minimum atomic E-state index is -0.642. The van der Waals surface area contributed by atoms with Gasteiger partial charge in [-0.1, -0.05) is 0 Å². The molecule has 1 aromatic heterocycles. The third kappa shape index (κ3) is 3.04. The molecule has 3 N–H and O–H groups in total. The first-order valence-corrected chi connectivity index (χ1v) is 7.09. The SMILES string of the molecule is CC(=O)NC[C@H](O)CNc1ccc2c(c1)COc1nccn1-2. The van der Waals surface area contributed by atoms with E-state index in [9.17, 15) is 9.90 Å². The summed E-state index contributed by atoms with van der Waals surface area (Å²) in [6.07, 6.45) is 2.92. The smallest absolute Gasteiger partial charge is 0.301 e. The summed E-state index contributed by atoms with van der Waals surface area (Å²) in [5.74, 6) is -0.152. The first-order valence-electron chi connectivity index (χ1n) is 7.09. The van der Waals surface area contributed by atoms with Gasteiger partial charge in [-0.25, -0.2) is 4.98 Å². The highest BCUT2D eigenvalue weighted by molar-refractivity contribution is 5.72. The first-order chi connectivity index (χ1) is 10.6. The molecule has 0 unspecified atom stereocenters. The van der Waals surface area contributed by atoms with Gasteiger partial charge in [-0.3, -0.25) is 9.36 Å². The van der Waals surface area contributed by atoms with Crippen molar-refractivity contribution in [2.45, 2.75) is 19.6 Å². The van der Waals surface area contributed by atoms with Gasteiger partial charge in [-0.2, -0.15) is 0 Å². The summed E-state index contributed by atoms with van der Waals surface area (Å²) in [5.41, 5.74) is 2.99. The molecule has 0 bridgehead atoms. The second-order valence-electron chi connectivity index (χ2n) is 5.18. The number of nitrogens with one attached hydrogen (secondary N) is 2. The predicted octanol–water partition coefficient (Wildman–Crippen LogP) is 0.674. The molecule has 0 saturated heterocycles. The highest BCUT2D eigenvalue weighted by Gasteiger charge is 2.17. The fourth-order valence-electron chi connectivity index (χ4n) is 2.34. The van der Waals surface area contributed by atoms with Crippen LogP contribution >= 0.6 is 0 Å². The molecular weight excluding hydrogens is 284 g/mol. The summed E-state index contributed by atoms with van der Waals surface area (Å²) < 4.78 is 7.46. The fourth-order valence-corrected chi connectivity index (χ4v) is 2.34. The van der Waals surface area contributed by atoms with Crippen LogP contribution in [-0.2, 0) is 11.4 Å². The predicted molar refractivity (Wildman–Crippen MR) is 81.1 cm³/mol. The van der Waals surface area contributed by atoms with E-state index in [1.165, 1.54) is 6.92 Å². The Hall–Kier alpha value is -2.54. The zero-order valence-corrected chi connectivity index (χ0v) is 12.2. The lowest BCUT2D eigenvalue weighted by Gasteiger charge is -2.20. The van der Waals surface area contributed by atoms with E-state index < -0.39 is 6.10 Å². The van der Waals surface area contributed by atoms with Gasteiger partial charge >= 0.3 is 6.01 Å². The van der Waals surface area contributed by atoms with E-state index in [-0.39, 0.29) is 12.5 Å². The van der Waals surface area contributed by atoms with Gasteiger partial charge in [0, 0.05) is 43.7 Å². The van der Waals surface area contributed by atoms with Crippen molar-refractivity contribution in [2.24, 2.45) is 0 Å². The van der Waals surface area contributed by atoms with Crippen molar-refractivity contribution in [1.82, 2.24) is 14.9 Å². The van der Waals surface area contributed by atoms with Crippen LogP contribution in [0.25, 0.3) is 5.69 Å². The normalized spacial score (nSPS) is 13.5. The molecule has 0 spiro atoms. The summed E-state index contributed by atoms with van der Waals surface area (Å²) in [5, 5.41) is 15.5. The molecule has 0 saturated carbocycles. The Morgan fingerprint density at radius 3 is 3.18 bits per heavy atom. The first kappa shape index (κ1) is 14.4. The van der Waals surface area contributed by atoms with Crippen molar-refractivity contribution in [2.75, 3.05) is 18.4 Å². The molecule has 1 amide bonds. The van der Waals surface area contributed by atoms with Crippen LogP contribution in [0.2, 0.25) is 0 Å². The Morgan fingerprint density at radius 1 is 1.50 bits per heavy atom. The van der Waals surface area contributed by atoms with Crippen LogP contribution in [0.15, 0.2) is 30.6 Å². The zero-order chi connectivity index (χ0) is 15.5. The molecule has 1 atom stereocenters. The van der Waals surface area contributed by atoms with Crippen LogP contribution in [0.5, 0.6) is 6.01 Å². The van der Waals surface area contributed by atoms with Crippen LogP contribution in [0.4, 0.5) is 5.69 Å². The van der Waals surface area contributed by atoms with E-state index in [4.69, 9.17) is 4.74 Å². The standard InChI is InChI=1S/C15H18N4O3/c1-10(20)17-7-13(21)8-18-12-2-3-14-11(6-12)9-22-15-16-4-5-19(14)15/h2-6,13,18,21H,7-9H2,1H3,(H,17,20)/t13-/m0/s1. The quantitative estimate of drug-likeness (QED) is 0.755. The number of fused-ring (bicyclic) bond motifs is 3. The van der Waals surface area contributed by atoms with Crippen molar-refractivity contribution in [3.63, 3.8) is 0 Å². The average Bonchev–Trinajstić information content (AvgIpc) is 2.99. The molecule has 2 heterocycles. The number of nitrogens with zero attached hydrogens (tertiary/aromatic N) is 2. The molecule has 0 radical (unpaired) electrons. The Morgan fingerprint density at radius 2 is 2.36 bits per heavy atom. The maximum absolute atomic E-state index is 10.8. The molecule has 7 nitrogen and oxygen atoms in total. The van der Waals surface area contributed by atoms with Crippen molar-refractivity contribution in [3.05, 3.63) is 36.2 Å². The molecule has 116 valence electrons. The van der Waals surface area contributed by atoms with Gasteiger partial charge in [0.05, 0.1) is 11.8 Å². The second kappa shape index (κ2) is 6.07. The van der Waals surface area contributed by atoms with Gasteiger partial charge in [0.25, 0.3) is 0 Å². The lowest BCUT2D eigenvalue weighted by atomic mass is 10.1. The molecule has 1 aliphatic rings. The van der Waals surface area contributed by atoms with E-state index in [0.717, 1.165) is 16.9 Å². The number of aliphatic hydroxyl groups is 1. The van der Waals surface area contributed by atoms with Gasteiger partial charge in [-0.15, -0.1) is 0 Å². The summed E-state index contributed by atoms with van der Waals surface area (Å²) in [4.78, 5) is 14.9. The number of imidazole rings is 1. The van der Waals surface area contributed by atoms with Crippen LogP contribution in [0, 0.1) is 0 Å². The van der Waals surface area contributed by atoms with Gasteiger partial charge in [-0.05, 0) is 18.2 Å². The van der Waals surface area contributed by atoms with Crippen molar-refractivity contribution in [1.29, 1.82) is 0 Å². The Kier molecular flexibility index (Phi) is 3.97. The van der Waals surface area contributed by atoms with E-state index in [0.29, 0.717) is 19.2 Å². The number of amides is 1. The number of benzene rings is 1. The van der Waals surface area contributed by atoms with Crippen molar-refractivity contribution >= 4 is 11.6 Å². The van der Waals surface area contributed by atoms with Gasteiger partial charge in [0.2, 0.25) is 5.91 Å². The summed E-state index contributed by atoms with van der Waals surface area (Å²) in [6, 6.07) is 6.52. The molecule has 2 aromatic rings. The molecule has 22 heavy (non-hydrogen) atoms. The number of rotatable bonds is 5. The Bertz CT molecular complexity index is 683. The van der Waals surface area contributed by atoms with E-state index in [1.807, 2.05) is 29.0 Å². The lowest BCUT2D eigenvalue weighted by Crippen LogP contribution is -2.34. The number of carbonyl (C=O) groups is 1. The van der Waals surface area contributed by atoms with Crippen LogP contribution in [0.3, 0.4) is 0 Å². The summed E-state index contributed by atoms with van der Waals surface area (Å²) in [7, 11) is 0. The third-order valence-corrected chi connectivity index (χ3v) is 3.43. The van der Waals surface area contributed by atoms with Gasteiger partial charge in [0.1, 0.15) is 6.61 Å². The number of hydrogen-bond acceptors (Lipinski definition) is 5. The number of carbonyl (C=O) groups excluding carboxylic acids is 1. The number of anilines is 1. The molecule has 0 fully saturated rings. The molecule has 1 aliphatic heterocycles. The highest BCUT2D eigenvalue weighted by atomic mass is 16.5. The number of aromatic nitrogens is 2. The second-order valence-corrected chi connectivity index (χ2v) is 5.18. The highest BCUT2D eigenvalue weighted by Crippen LogP contribution is 2.28. The molecule has 3 rings (SSSR count). The molecule has 0 aliphatic carbocycles. The maximum Gasteiger partial charge on any atom is 0.301 e. The van der Waals surface area contributed by atoms with Gasteiger partial charge < -0.3 is 20.5 Å². The number of hydrogen-bond donors (Lipinski definition) is 3. The molecule has 7 heteroatoms. The third-order valence-electron chi connectivity index (χ3n) is 3.43. The number of aliphatic hydroxyl groups excluding tert-OH is 1. The van der Waals surface area contributed by atoms with Crippen molar-refractivity contribution in [3.8, 4) is 11.7 Å². The number of ether oxygens (including phenoxy) is 1. The molecule has 1 aromatic carbocycles. The molecular formula is C15H18N4O3. The minimum Gasteiger partial charge on any atom is -0.459 e. The van der Waals surface area contributed by atoms with E-state index >= 15 is 0 Å². The van der Waals surface area contributed by atoms with Crippen LogP contribution in [-0.4, -0.2) is 39.8 Å². The maximum atomic E-state index is 10.8. The van der Waals surface area contributed by atoms with Gasteiger partial charge in [0.15, 0.2) is 0 Å². The van der Waals surface area contributed by atoms with E-state index in [1.54, 1.807) is 6.20 Å². The largest absolute Gasteiger partial charge is 0.459 e. The lowest BCUT2D eigenvalue weighted by molar-refractivity contribution is -0.119. The topological polar surface area (TPSA) is 88.4 Å². The van der Waals surface area contributed by atoms with E-state index in [2.05, 4.69) is 15.6 Å². The summed E-state index contributed by atoms with van der Waals surface area (Å²) >= 11 is 0. The van der Waals surface area contributed by atoms with Crippen LogP contribution < -0.4 is 15.4 Å². The summed E-state index contributed by atoms with van der Waals surface area (Å²) in [6.45, 7) is 2.48. The average molecular weight is 302 g/mol. The Balaban J connectivity index is 1.64. The van der Waals surface area contributed by atoms with Crippen LogP contribution in [0.1, 0.15) is 12.5 Å². The monoisotopic (exact) mass is 302 g/mol. The zero-order valence-electron chi connectivity index (χ0n) is 12.2. The fraction of sp³-hybridized carbons (Fsp3) is 0.333. The Labute approximate surface area is 127 Å². The minimum absolute atomic E-state index is 0.152. The van der Waals surface area contributed by atoms with Crippen molar-refractivity contribution < 1.29 is 14.6 Å².